The average Bonchev–Trinajstić information content (AvgIpc) is 3.02. The van der Waals surface area contributed by atoms with Crippen LogP contribution in [0.4, 0.5) is 0 Å². The third-order valence-electron chi connectivity index (χ3n) is 4.58. The number of imidazole rings is 1. The number of rotatable bonds is 4. The molecule has 1 saturated carbocycles. The average molecular weight is 322 g/mol. The van der Waals surface area contributed by atoms with Crippen LogP contribution < -0.4 is 11.1 Å². The monoisotopic (exact) mass is 322 g/mol. The summed E-state index contributed by atoms with van der Waals surface area (Å²) in [7, 11) is 0. The maximum absolute atomic E-state index is 12.3. The van der Waals surface area contributed by atoms with Crippen LogP contribution in [0.2, 0.25) is 0 Å². The second-order valence-electron chi connectivity index (χ2n) is 6.14. The fourth-order valence-electron chi connectivity index (χ4n) is 2.96. The molecule has 2 aromatic heterocycles. The summed E-state index contributed by atoms with van der Waals surface area (Å²) in [6, 6.07) is 10.0. The first-order valence-electron chi connectivity index (χ1n) is 8.12. The van der Waals surface area contributed by atoms with Gasteiger partial charge in [0.2, 0.25) is 0 Å². The molecule has 0 N–H and O–H groups in total. The molecule has 1 aliphatic carbocycles. The van der Waals surface area contributed by atoms with Gasteiger partial charge in [0.05, 0.1) is 18.6 Å². The lowest BCUT2D eigenvalue weighted by Crippen LogP contribution is -2.43. The van der Waals surface area contributed by atoms with Gasteiger partial charge in [0.15, 0.2) is 0 Å². The van der Waals surface area contributed by atoms with Gasteiger partial charge in [0.25, 0.3) is 0 Å². The van der Waals surface area contributed by atoms with E-state index in [9.17, 15) is 9.59 Å². The Kier molecular flexibility index (Phi) is 3.65. The molecule has 1 aromatic carbocycles. The largest absolute Gasteiger partial charge is 0.316 e. The van der Waals surface area contributed by atoms with E-state index in [1.165, 1.54) is 4.57 Å². The second-order valence-corrected chi connectivity index (χ2v) is 6.14. The van der Waals surface area contributed by atoms with Crippen molar-refractivity contribution in [2.45, 2.75) is 31.8 Å². The van der Waals surface area contributed by atoms with Gasteiger partial charge >= 0.3 is 11.1 Å². The summed E-state index contributed by atoms with van der Waals surface area (Å²) >= 11 is 0. The smallest absolute Gasteiger partial charge is 0.306 e. The highest BCUT2D eigenvalue weighted by Gasteiger charge is 2.21. The molecule has 0 unspecified atom stereocenters. The Morgan fingerprint density at radius 2 is 1.83 bits per heavy atom. The highest BCUT2D eigenvalue weighted by molar-refractivity contribution is 5.31. The van der Waals surface area contributed by atoms with E-state index < -0.39 is 11.1 Å². The Balaban J connectivity index is 1.60. The van der Waals surface area contributed by atoms with Crippen LogP contribution in [0.5, 0.6) is 0 Å². The number of aromatic nitrogens is 4. The van der Waals surface area contributed by atoms with E-state index in [-0.39, 0.29) is 6.04 Å². The van der Waals surface area contributed by atoms with Crippen molar-refractivity contribution in [2.75, 3.05) is 0 Å². The zero-order chi connectivity index (χ0) is 16.5. The second kappa shape index (κ2) is 5.96. The highest BCUT2D eigenvalue weighted by Crippen LogP contribution is 2.29. The summed E-state index contributed by atoms with van der Waals surface area (Å²) in [5, 5.41) is 0. The third-order valence-corrected chi connectivity index (χ3v) is 4.58. The normalized spacial score (nSPS) is 14.5. The fraction of sp³-hybridized carbons (Fsp3) is 0.278. The van der Waals surface area contributed by atoms with Gasteiger partial charge in [-0.05, 0) is 31.4 Å². The van der Waals surface area contributed by atoms with E-state index in [4.69, 9.17) is 0 Å². The minimum absolute atomic E-state index is 0.192. The molecule has 0 saturated heterocycles. The molecule has 0 bridgehead atoms. The zero-order valence-electron chi connectivity index (χ0n) is 13.2. The van der Waals surface area contributed by atoms with Crippen LogP contribution in [0.25, 0.3) is 5.69 Å². The number of hydrogen-bond acceptors (Lipinski definition) is 3. The summed E-state index contributed by atoms with van der Waals surface area (Å²) in [5.41, 5.74) is 0.814. The Bertz CT molecular complexity index is 964. The van der Waals surface area contributed by atoms with Crippen LogP contribution in [-0.2, 0) is 6.54 Å². The SMILES string of the molecule is O=c1c(=O)n(C2CCC2)ccn1Cc1cn(-c2ccccc2)cn1. The first-order chi connectivity index (χ1) is 11.7. The highest BCUT2D eigenvalue weighted by atomic mass is 16.2. The van der Waals surface area contributed by atoms with Crippen LogP contribution in [0, 0.1) is 0 Å². The third kappa shape index (κ3) is 2.60. The van der Waals surface area contributed by atoms with Crippen LogP contribution in [0.1, 0.15) is 31.0 Å². The molecule has 4 rings (SSSR count). The molecule has 0 amide bonds. The van der Waals surface area contributed by atoms with Crippen LogP contribution in [-0.4, -0.2) is 18.7 Å². The van der Waals surface area contributed by atoms with Crippen molar-refractivity contribution in [2.24, 2.45) is 0 Å². The predicted octanol–water partition coefficient (Wildman–Crippen LogP) is 1.97. The van der Waals surface area contributed by atoms with Crippen molar-refractivity contribution < 1.29 is 0 Å². The molecule has 6 nitrogen and oxygen atoms in total. The van der Waals surface area contributed by atoms with Crippen molar-refractivity contribution >= 4 is 0 Å². The van der Waals surface area contributed by atoms with Crippen LogP contribution in [0.3, 0.4) is 0 Å². The van der Waals surface area contributed by atoms with Gasteiger partial charge in [-0.3, -0.25) is 9.59 Å². The summed E-state index contributed by atoms with van der Waals surface area (Å²) in [6.07, 6.45) is 10.1. The molecule has 6 heteroatoms. The van der Waals surface area contributed by atoms with Crippen molar-refractivity contribution in [3.05, 3.63) is 81.7 Å². The first kappa shape index (κ1) is 14.7. The Morgan fingerprint density at radius 3 is 2.54 bits per heavy atom. The van der Waals surface area contributed by atoms with Gasteiger partial charge in [-0.1, -0.05) is 18.2 Å². The van der Waals surface area contributed by atoms with E-state index in [1.807, 2.05) is 41.1 Å². The molecule has 2 heterocycles. The van der Waals surface area contributed by atoms with E-state index in [1.54, 1.807) is 23.3 Å². The predicted molar refractivity (Wildman–Crippen MR) is 90.5 cm³/mol. The molecule has 1 fully saturated rings. The summed E-state index contributed by atoms with van der Waals surface area (Å²) < 4.78 is 4.90. The number of para-hydroxylation sites is 1. The Hall–Kier alpha value is -2.89. The maximum atomic E-state index is 12.3. The maximum Gasteiger partial charge on any atom is 0.316 e. The van der Waals surface area contributed by atoms with Gasteiger partial charge in [0, 0.05) is 30.3 Å². The van der Waals surface area contributed by atoms with Gasteiger partial charge in [-0.2, -0.15) is 0 Å². The molecule has 24 heavy (non-hydrogen) atoms. The lowest BCUT2D eigenvalue weighted by Gasteiger charge is -2.27. The topological polar surface area (TPSA) is 61.8 Å². The molecular formula is C18H18N4O2. The zero-order valence-corrected chi connectivity index (χ0v) is 13.2. The Morgan fingerprint density at radius 1 is 1.04 bits per heavy atom. The van der Waals surface area contributed by atoms with E-state index in [0.29, 0.717) is 6.54 Å². The van der Waals surface area contributed by atoms with Crippen molar-refractivity contribution in [1.82, 2.24) is 18.7 Å². The van der Waals surface area contributed by atoms with E-state index >= 15 is 0 Å². The van der Waals surface area contributed by atoms with Crippen molar-refractivity contribution in [3.63, 3.8) is 0 Å². The summed E-state index contributed by atoms with van der Waals surface area (Å²) in [6.45, 7) is 0.291. The summed E-state index contributed by atoms with van der Waals surface area (Å²) in [4.78, 5) is 28.9. The lowest BCUT2D eigenvalue weighted by atomic mass is 9.93. The quantitative estimate of drug-likeness (QED) is 0.690. The molecule has 1 aliphatic rings. The van der Waals surface area contributed by atoms with E-state index in [0.717, 1.165) is 30.6 Å². The standard InChI is InChI=1S/C18H18N4O2/c23-17-18(24)22(16-7-4-8-16)10-9-20(17)11-14-12-21(13-19-14)15-5-2-1-3-6-15/h1-3,5-6,9-10,12-13,16H,4,7-8,11H2. The molecule has 3 aromatic rings. The van der Waals surface area contributed by atoms with Crippen LogP contribution in [0.15, 0.2) is 64.8 Å². The number of hydrogen-bond donors (Lipinski definition) is 0. The lowest BCUT2D eigenvalue weighted by molar-refractivity contribution is 0.303. The van der Waals surface area contributed by atoms with Gasteiger partial charge in [-0.25, -0.2) is 4.98 Å². The molecule has 122 valence electrons. The van der Waals surface area contributed by atoms with E-state index in [2.05, 4.69) is 4.98 Å². The summed E-state index contributed by atoms with van der Waals surface area (Å²) in [5.74, 6) is 0. The minimum Gasteiger partial charge on any atom is -0.306 e. The van der Waals surface area contributed by atoms with Gasteiger partial charge < -0.3 is 13.7 Å². The molecule has 0 atom stereocenters. The first-order valence-corrected chi connectivity index (χ1v) is 8.12. The van der Waals surface area contributed by atoms with Crippen molar-refractivity contribution in [1.29, 1.82) is 0 Å². The molecule has 0 spiro atoms. The van der Waals surface area contributed by atoms with Gasteiger partial charge in [-0.15, -0.1) is 0 Å². The number of nitrogens with zero attached hydrogens (tertiary/aromatic N) is 4. The molecule has 0 radical (unpaired) electrons. The Labute approximate surface area is 138 Å². The molecular weight excluding hydrogens is 304 g/mol. The molecule has 0 aliphatic heterocycles. The van der Waals surface area contributed by atoms with Crippen molar-refractivity contribution in [3.8, 4) is 5.69 Å². The minimum atomic E-state index is -0.487. The number of benzene rings is 1. The fourth-order valence-corrected chi connectivity index (χ4v) is 2.96. The van der Waals surface area contributed by atoms with Crippen LogP contribution >= 0.6 is 0 Å². The van der Waals surface area contributed by atoms with Gasteiger partial charge in [0.1, 0.15) is 0 Å².